The summed E-state index contributed by atoms with van der Waals surface area (Å²) in [5.74, 6) is -1.07. The van der Waals surface area contributed by atoms with Crippen LogP contribution in [0.4, 0.5) is 4.39 Å². The third kappa shape index (κ3) is 5.59. The number of esters is 1. The topological polar surface area (TPSA) is 98.9 Å². The zero-order valence-electron chi connectivity index (χ0n) is 23.2. The molecule has 40 heavy (non-hydrogen) atoms. The number of aryl methyl sites for hydroxylation is 1. The summed E-state index contributed by atoms with van der Waals surface area (Å²) in [5, 5.41) is 8.91. The number of aliphatic imine (C=N–C) groups is 1. The predicted molar refractivity (Wildman–Crippen MR) is 146 cm³/mol. The highest BCUT2D eigenvalue weighted by molar-refractivity contribution is 5.95. The molecule has 10 heteroatoms. The summed E-state index contributed by atoms with van der Waals surface area (Å²) in [5.41, 5.74) is 4.71. The van der Waals surface area contributed by atoms with Crippen molar-refractivity contribution in [2.24, 2.45) is 10.4 Å². The van der Waals surface area contributed by atoms with E-state index in [0.717, 1.165) is 66.6 Å². The largest absolute Gasteiger partial charge is 0.462 e. The molecule has 212 valence electrons. The van der Waals surface area contributed by atoms with Crippen molar-refractivity contribution in [2.75, 3.05) is 32.9 Å². The first-order valence-corrected chi connectivity index (χ1v) is 14.3. The minimum Gasteiger partial charge on any atom is -0.462 e. The molecular weight excluding hydrogens is 513 g/mol. The molecule has 3 heterocycles. The van der Waals surface area contributed by atoms with Gasteiger partial charge in [-0.15, -0.1) is 5.10 Å². The average Bonchev–Trinajstić information content (AvgIpc) is 3.56. The molecule has 1 unspecified atom stereocenters. The smallest absolute Gasteiger partial charge is 0.330 e. The summed E-state index contributed by atoms with van der Waals surface area (Å²) in [6, 6.07) is 2.98. The number of fused-ring (bicyclic) bond motifs is 1. The van der Waals surface area contributed by atoms with Crippen molar-refractivity contribution >= 4 is 18.1 Å². The Labute approximate surface area is 233 Å². The molecule has 4 aliphatic rings. The quantitative estimate of drug-likeness (QED) is 0.394. The molecule has 0 spiro atoms. The number of carbonyl (C=O) groups excluding carboxylic acids is 2. The van der Waals surface area contributed by atoms with Crippen LogP contribution in [0.1, 0.15) is 90.4 Å². The lowest BCUT2D eigenvalue weighted by Gasteiger charge is -2.27. The van der Waals surface area contributed by atoms with Gasteiger partial charge < -0.3 is 14.4 Å². The normalized spacial score (nSPS) is 23.5. The number of rotatable bonds is 6. The van der Waals surface area contributed by atoms with Gasteiger partial charge in [-0.1, -0.05) is 17.7 Å². The van der Waals surface area contributed by atoms with Gasteiger partial charge in [0.15, 0.2) is 0 Å². The van der Waals surface area contributed by atoms with Crippen LogP contribution in [0.2, 0.25) is 0 Å². The lowest BCUT2D eigenvalue weighted by molar-refractivity contribution is -0.139. The number of halogens is 1. The van der Waals surface area contributed by atoms with E-state index in [9.17, 15) is 9.59 Å². The summed E-state index contributed by atoms with van der Waals surface area (Å²) in [4.78, 5) is 31.5. The Balaban J connectivity index is 1.09. The van der Waals surface area contributed by atoms with Gasteiger partial charge in [0.1, 0.15) is 11.5 Å². The number of hydrogen-bond acceptors (Lipinski definition) is 7. The van der Waals surface area contributed by atoms with Crippen LogP contribution in [0.3, 0.4) is 0 Å². The van der Waals surface area contributed by atoms with Gasteiger partial charge >= 0.3 is 5.97 Å². The second-order valence-corrected chi connectivity index (χ2v) is 11.9. The molecule has 0 bridgehead atoms. The van der Waals surface area contributed by atoms with E-state index in [1.807, 2.05) is 11.6 Å². The van der Waals surface area contributed by atoms with E-state index in [0.29, 0.717) is 39.3 Å². The molecule has 0 radical (unpaired) electrons. The lowest BCUT2D eigenvalue weighted by Crippen LogP contribution is -2.41. The number of nitrogens with zero attached hydrogens (tertiary/aromatic N) is 5. The minimum absolute atomic E-state index is 0.0887. The number of allylic oxidation sites excluding steroid dienone is 1. The third-order valence-electron chi connectivity index (χ3n) is 8.74. The van der Waals surface area contributed by atoms with Gasteiger partial charge in [-0.2, -0.15) is 0 Å². The van der Waals surface area contributed by atoms with Crippen LogP contribution in [0, 0.1) is 18.2 Å². The molecule has 2 aliphatic carbocycles. The maximum absolute atomic E-state index is 15.1. The Morgan fingerprint density at radius 3 is 2.67 bits per heavy atom. The number of hydrogen-bond donors (Lipinski definition) is 0. The molecule has 1 aromatic heterocycles. The molecule has 1 atom stereocenters. The average molecular weight is 550 g/mol. The van der Waals surface area contributed by atoms with Gasteiger partial charge in [-0.25, -0.2) is 13.9 Å². The summed E-state index contributed by atoms with van der Waals surface area (Å²) in [7, 11) is 0. The van der Waals surface area contributed by atoms with Gasteiger partial charge in [-0.05, 0) is 68.7 Å². The van der Waals surface area contributed by atoms with Crippen LogP contribution in [-0.4, -0.2) is 70.9 Å². The summed E-state index contributed by atoms with van der Waals surface area (Å²) in [6.07, 6.45) is 9.62. The summed E-state index contributed by atoms with van der Waals surface area (Å²) >= 11 is 0. The van der Waals surface area contributed by atoms with Gasteiger partial charge in [0.2, 0.25) is 0 Å². The van der Waals surface area contributed by atoms with Crippen molar-refractivity contribution in [1.29, 1.82) is 0 Å². The van der Waals surface area contributed by atoms with E-state index < -0.39 is 5.82 Å². The molecule has 1 saturated heterocycles. The molecule has 2 aliphatic heterocycles. The monoisotopic (exact) mass is 549 g/mol. The molecule has 2 saturated carbocycles. The molecule has 9 nitrogen and oxygen atoms in total. The highest BCUT2D eigenvalue weighted by Crippen LogP contribution is 2.45. The zero-order valence-corrected chi connectivity index (χ0v) is 23.2. The van der Waals surface area contributed by atoms with Crippen LogP contribution in [0.5, 0.6) is 0 Å². The first-order valence-electron chi connectivity index (χ1n) is 14.3. The van der Waals surface area contributed by atoms with E-state index >= 15 is 4.39 Å². The fourth-order valence-corrected chi connectivity index (χ4v) is 5.80. The maximum atomic E-state index is 15.1. The Morgan fingerprint density at radius 2 is 1.95 bits per heavy atom. The molecular formula is C30H36FN5O4. The van der Waals surface area contributed by atoms with Gasteiger partial charge in [-0.3, -0.25) is 9.79 Å². The summed E-state index contributed by atoms with van der Waals surface area (Å²) < 4.78 is 27.9. The van der Waals surface area contributed by atoms with Gasteiger partial charge in [0.25, 0.3) is 5.91 Å². The summed E-state index contributed by atoms with van der Waals surface area (Å²) in [6.45, 7) is 6.42. The highest BCUT2D eigenvalue weighted by atomic mass is 19.1. The number of morpholine rings is 1. The maximum Gasteiger partial charge on any atom is 0.330 e. The molecule has 2 aromatic rings. The number of ether oxygens (including phenoxy) is 2. The van der Waals surface area contributed by atoms with E-state index in [1.165, 1.54) is 6.07 Å². The van der Waals surface area contributed by atoms with Crippen molar-refractivity contribution in [1.82, 2.24) is 19.9 Å². The first kappa shape index (κ1) is 26.8. The van der Waals surface area contributed by atoms with Crippen molar-refractivity contribution in [2.45, 2.75) is 70.9 Å². The number of carbonyl (C=O) groups is 2. The standard InChI is InChI=1S/C30H36FN5O4/c1-19-13-23(29(38)35-9-11-39-12-10-35)24(31)15-22(19)25-16-26-27(17-32-25)36(34-33-26)21-5-3-20(4-6-21)14-28(37)40-18-30(2)7-8-30/h13-15,17,21,25H,3-12,16,18H2,1-2H3. The molecule has 3 fully saturated rings. The highest BCUT2D eigenvalue weighted by Gasteiger charge is 2.38. The molecule has 0 N–H and O–H groups in total. The number of benzene rings is 1. The van der Waals surface area contributed by atoms with Crippen LogP contribution in [0.15, 0.2) is 28.8 Å². The van der Waals surface area contributed by atoms with E-state index in [-0.39, 0.29) is 34.9 Å². The van der Waals surface area contributed by atoms with Crippen LogP contribution in [0.25, 0.3) is 0 Å². The fraction of sp³-hybridized carbons (Fsp3) is 0.567. The van der Waals surface area contributed by atoms with E-state index in [1.54, 1.807) is 23.3 Å². The lowest BCUT2D eigenvalue weighted by atomic mass is 9.90. The van der Waals surface area contributed by atoms with Crippen molar-refractivity contribution in [3.8, 4) is 0 Å². The van der Waals surface area contributed by atoms with Crippen LogP contribution >= 0.6 is 0 Å². The molecule has 6 rings (SSSR count). The first-order chi connectivity index (χ1) is 19.3. The Hall–Kier alpha value is -3.40. The predicted octanol–water partition coefficient (Wildman–Crippen LogP) is 4.30. The Bertz CT molecular complexity index is 1360. The zero-order chi connectivity index (χ0) is 27.9. The van der Waals surface area contributed by atoms with Gasteiger partial charge in [0, 0.05) is 37.2 Å². The van der Waals surface area contributed by atoms with Crippen LogP contribution < -0.4 is 0 Å². The minimum atomic E-state index is -0.529. The van der Waals surface area contributed by atoms with E-state index in [4.69, 9.17) is 14.5 Å². The Kier molecular flexibility index (Phi) is 7.29. The SMILES string of the molecule is Cc1cc(C(=O)N2CCOCC2)c(F)cc1C1Cc2nnn(C3CCC(=CC(=O)OCC4(C)CC4)CC3)c2C=N1. The third-order valence-corrected chi connectivity index (χ3v) is 8.74. The van der Waals surface area contributed by atoms with Crippen molar-refractivity contribution in [3.05, 3.63) is 57.7 Å². The van der Waals surface area contributed by atoms with E-state index in [2.05, 4.69) is 17.2 Å². The Morgan fingerprint density at radius 1 is 1.20 bits per heavy atom. The van der Waals surface area contributed by atoms with Crippen LogP contribution in [-0.2, 0) is 20.7 Å². The molecule has 1 amide bonds. The second kappa shape index (κ2) is 10.9. The second-order valence-electron chi connectivity index (χ2n) is 11.9. The van der Waals surface area contributed by atoms with Crippen molar-refractivity contribution < 1.29 is 23.5 Å². The molecule has 1 aromatic carbocycles. The fourth-order valence-electron chi connectivity index (χ4n) is 5.80. The van der Waals surface area contributed by atoms with Crippen molar-refractivity contribution in [3.63, 3.8) is 0 Å². The number of aromatic nitrogens is 3. The van der Waals surface area contributed by atoms with Gasteiger partial charge in [0.05, 0.1) is 43.2 Å². The number of amides is 1.